The molecule has 158 valence electrons. The van der Waals surface area contributed by atoms with Crippen LogP contribution < -0.4 is 10.6 Å². The molecule has 4 rings (SSSR count). The highest BCUT2D eigenvalue weighted by molar-refractivity contribution is 5.88. The Kier molecular flexibility index (Phi) is 5.20. The number of hydrogen-bond acceptors (Lipinski definition) is 8. The van der Waals surface area contributed by atoms with Crippen LogP contribution in [0.4, 0.5) is 22.1 Å². The molecule has 0 atom stereocenters. The van der Waals surface area contributed by atoms with Crippen molar-refractivity contribution in [3.63, 3.8) is 0 Å². The Morgan fingerprint density at radius 2 is 1.90 bits per heavy atom. The van der Waals surface area contributed by atoms with Crippen molar-refractivity contribution in [1.82, 2.24) is 29.5 Å². The van der Waals surface area contributed by atoms with Gasteiger partial charge in [-0.1, -0.05) is 0 Å². The Balaban J connectivity index is 1.56. The Morgan fingerprint density at radius 3 is 2.58 bits per heavy atom. The van der Waals surface area contributed by atoms with E-state index in [-0.39, 0.29) is 0 Å². The Labute approximate surface area is 178 Å². The summed E-state index contributed by atoms with van der Waals surface area (Å²) in [5.41, 5.74) is 3.08. The summed E-state index contributed by atoms with van der Waals surface area (Å²) < 4.78 is 7.12. The highest BCUT2D eigenvalue weighted by Gasteiger charge is 2.16. The summed E-state index contributed by atoms with van der Waals surface area (Å²) in [7, 11) is 1.91. The van der Waals surface area contributed by atoms with E-state index in [1.165, 1.54) is 6.33 Å². The fourth-order valence-corrected chi connectivity index (χ4v) is 2.86. The van der Waals surface area contributed by atoms with Gasteiger partial charge in [-0.15, -0.1) is 0 Å². The third-order valence-electron chi connectivity index (χ3n) is 4.22. The first-order valence-corrected chi connectivity index (χ1v) is 9.60. The summed E-state index contributed by atoms with van der Waals surface area (Å²) in [6.07, 6.45) is 5.98. The number of hydrogen-bond donors (Lipinski definition) is 2. The highest BCUT2D eigenvalue weighted by Crippen LogP contribution is 2.25. The minimum Gasteiger partial charge on any atom is -0.444 e. The fourth-order valence-electron chi connectivity index (χ4n) is 2.86. The molecule has 4 heterocycles. The van der Waals surface area contributed by atoms with E-state index < -0.39 is 11.7 Å². The third-order valence-corrected chi connectivity index (χ3v) is 4.22. The van der Waals surface area contributed by atoms with Gasteiger partial charge in [0.25, 0.3) is 0 Å². The van der Waals surface area contributed by atoms with Crippen molar-refractivity contribution in [2.45, 2.75) is 26.4 Å². The SMILES string of the molecule is Cn1cncc1-c1ccc2ncnc(Nc3ccc(NC(=O)OC(C)(C)C)nc3)c2n1. The molecule has 31 heavy (non-hydrogen) atoms. The van der Waals surface area contributed by atoms with Crippen molar-refractivity contribution in [1.29, 1.82) is 0 Å². The second-order valence-electron chi connectivity index (χ2n) is 7.86. The van der Waals surface area contributed by atoms with E-state index in [1.807, 2.05) is 23.7 Å². The Hall–Kier alpha value is -4.08. The molecule has 4 aromatic heterocycles. The first kappa shape index (κ1) is 20.2. The number of anilines is 3. The van der Waals surface area contributed by atoms with Crippen molar-refractivity contribution in [2.24, 2.45) is 7.05 Å². The van der Waals surface area contributed by atoms with Crippen LogP contribution in [-0.2, 0) is 11.8 Å². The minimum atomic E-state index is -0.582. The van der Waals surface area contributed by atoms with Crippen LogP contribution in [0, 0.1) is 0 Å². The van der Waals surface area contributed by atoms with Crippen molar-refractivity contribution >= 4 is 34.4 Å². The van der Waals surface area contributed by atoms with Gasteiger partial charge in [0.05, 0.1) is 41.3 Å². The maximum atomic E-state index is 11.9. The average Bonchev–Trinajstić information content (AvgIpc) is 3.14. The van der Waals surface area contributed by atoms with E-state index in [4.69, 9.17) is 9.72 Å². The molecule has 0 fully saturated rings. The summed E-state index contributed by atoms with van der Waals surface area (Å²) in [5.74, 6) is 0.924. The maximum Gasteiger partial charge on any atom is 0.413 e. The number of pyridine rings is 2. The molecular formula is C21H22N8O2. The zero-order valence-corrected chi connectivity index (χ0v) is 17.6. The number of fused-ring (bicyclic) bond motifs is 1. The second-order valence-corrected chi connectivity index (χ2v) is 7.86. The number of nitrogens with one attached hydrogen (secondary N) is 2. The minimum absolute atomic E-state index is 0.379. The normalized spacial score (nSPS) is 11.4. The highest BCUT2D eigenvalue weighted by atomic mass is 16.6. The molecule has 0 aliphatic heterocycles. The monoisotopic (exact) mass is 418 g/mol. The van der Waals surface area contributed by atoms with E-state index in [0.29, 0.717) is 28.4 Å². The van der Waals surface area contributed by atoms with Crippen LogP contribution in [0.1, 0.15) is 20.8 Å². The summed E-state index contributed by atoms with van der Waals surface area (Å²) >= 11 is 0. The lowest BCUT2D eigenvalue weighted by Gasteiger charge is -2.19. The number of aryl methyl sites for hydroxylation is 1. The molecule has 0 aliphatic rings. The van der Waals surface area contributed by atoms with E-state index in [9.17, 15) is 4.79 Å². The number of ether oxygens (including phenoxy) is 1. The van der Waals surface area contributed by atoms with Crippen LogP contribution in [-0.4, -0.2) is 41.2 Å². The van der Waals surface area contributed by atoms with Crippen LogP contribution in [0.5, 0.6) is 0 Å². The molecule has 2 N–H and O–H groups in total. The number of rotatable bonds is 4. The van der Waals surface area contributed by atoms with E-state index in [0.717, 1.165) is 11.4 Å². The van der Waals surface area contributed by atoms with Gasteiger partial charge in [0, 0.05) is 7.05 Å². The summed E-state index contributed by atoms with van der Waals surface area (Å²) in [6, 6.07) is 7.24. The van der Waals surface area contributed by atoms with Gasteiger partial charge in [-0.25, -0.2) is 29.7 Å². The first-order chi connectivity index (χ1) is 14.8. The summed E-state index contributed by atoms with van der Waals surface area (Å²) in [6.45, 7) is 5.40. The van der Waals surface area contributed by atoms with Gasteiger partial charge < -0.3 is 14.6 Å². The molecule has 0 saturated heterocycles. The van der Waals surface area contributed by atoms with Crippen molar-refractivity contribution < 1.29 is 9.53 Å². The topological polar surface area (TPSA) is 120 Å². The van der Waals surface area contributed by atoms with Crippen LogP contribution in [0.2, 0.25) is 0 Å². The van der Waals surface area contributed by atoms with Gasteiger partial charge in [-0.05, 0) is 45.0 Å². The van der Waals surface area contributed by atoms with Crippen molar-refractivity contribution in [3.05, 3.63) is 49.3 Å². The molecule has 0 radical (unpaired) electrons. The number of carbonyl (C=O) groups is 1. The maximum absolute atomic E-state index is 11.9. The average molecular weight is 418 g/mol. The number of amides is 1. The lowest BCUT2D eigenvalue weighted by Crippen LogP contribution is -2.27. The molecule has 0 bridgehead atoms. The van der Waals surface area contributed by atoms with Crippen LogP contribution in [0.3, 0.4) is 0 Å². The van der Waals surface area contributed by atoms with Gasteiger partial charge in [-0.2, -0.15) is 0 Å². The molecule has 10 nitrogen and oxygen atoms in total. The van der Waals surface area contributed by atoms with Gasteiger partial charge in [0.15, 0.2) is 5.82 Å². The molecule has 1 amide bonds. The molecule has 10 heteroatoms. The molecule has 0 saturated carbocycles. The van der Waals surface area contributed by atoms with Gasteiger partial charge in [0.2, 0.25) is 0 Å². The number of carbonyl (C=O) groups excluding carboxylic acids is 1. The van der Waals surface area contributed by atoms with Crippen LogP contribution in [0.25, 0.3) is 22.4 Å². The Morgan fingerprint density at radius 1 is 1.06 bits per heavy atom. The van der Waals surface area contributed by atoms with Crippen LogP contribution >= 0.6 is 0 Å². The van der Waals surface area contributed by atoms with Gasteiger partial charge >= 0.3 is 6.09 Å². The lowest BCUT2D eigenvalue weighted by molar-refractivity contribution is 0.0635. The smallest absolute Gasteiger partial charge is 0.413 e. The molecule has 4 aromatic rings. The van der Waals surface area contributed by atoms with Crippen molar-refractivity contribution in [3.8, 4) is 11.4 Å². The summed E-state index contributed by atoms with van der Waals surface area (Å²) in [5, 5.41) is 5.81. The number of aromatic nitrogens is 6. The van der Waals surface area contributed by atoms with E-state index in [1.54, 1.807) is 51.6 Å². The predicted molar refractivity (Wildman–Crippen MR) is 117 cm³/mol. The Bertz CT molecular complexity index is 1230. The van der Waals surface area contributed by atoms with Gasteiger partial charge in [0.1, 0.15) is 23.3 Å². The number of imidazole rings is 1. The number of nitrogens with zero attached hydrogens (tertiary/aromatic N) is 6. The van der Waals surface area contributed by atoms with Crippen LogP contribution in [0.15, 0.2) is 49.3 Å². The van der Waals surface area contributed by atoms with E-state index >= 15 is 0 Å². The molecule has 0 aliphatic carbocycles. The predicted octanol–water partition coefficient (Wildman–Crippen LogP) is 3.91. The zero-order chi connectivity index (χ0) is 22.0. The lowest BCUT2D eigenvalue weighted by atomic mass is 10.2. The second kappa shape index (κ2) is 7.98. The van der Waals surface area contributed by atoms with Gasteiger partial charge in [-0.3, -0.25) is 5.32 Å². The molecular weight excluding hydrogens is 396 g/mol. The molecule has 0 spiro atoms. The third kappa shape index (κ3) is 4.74. The zero-order valence-electron chi connectivity index (χ0n) is 17.6. The first-order valence-electron chi connectivity index (χ1n) is 9.60. The largest absolute Gasteiger partial charge is 0.444 e. The van der Waals surface area contributed by atoms with E-state index in [2.05, 4.69) is 30.6 Å². The standard InChI is InChI=1S/C21H22N8O2/c1-21(2,3)31-20(30)28-17-8-5-13(9-23-17)26-19-18-15(24-11-25-19)7-6-14(27-18)16-10-22-12-29(16)4/h5-12H,1-4H3,(H,23,28,30)(H,24,25,26). The summed E-state index contributed by atoms with van der Waals surface area (Å²) in [4.78, 5) is 33.6. The van der Waals surface area contributed by atoms with Crippen molar-refractivity contribution in [2.75, 3.05) is 10.6 Å². The molecule has 0 aromatic carbocycles. The molecule has 0 unspecified atom stereocenters. The quantitative estimate of drug-likeness (QED) is 0.512. The fraction of sp³-hybridized carbons (Fsp3) is 0.238.